The van der Waals surface area contributed by atoms with Crippen LogP contribution in [0.2, 0.25) is 0 Å². The first-order valence-electron chi connectivity index (χ1n) is 13.8. The van der Waals surface area contributed by atoms with Crippen molar-refractivity contribution in [3.8, 4) is 23.8 Å². The minimum atomic E-state index is -3.94. The van der Waals surface area contributed by atoms with Crippen molar-refractivity contribution in [2.75, 3.05) is 58.5 Å². The standard InChI is InChI=1S/C30H37N5O7S/c1-22(2)28(30(37)38)32-43(39,40)35-16-14-34(15-17-35)25-11-8-23(9-12-25)6-7-24-10-13-27(42-19-5-18-41-4)26(20-24)29(36)33(3)21-31/h8-13,20,22,28,32H,5,14-19H2,1-4H3,(H,37,38)/t28-/m1/s1. The van der Waals surface area contributed by atoms with Gasteiger partial charge in [0.1, 0.15) is 11.8 Å². The number of amides is 1. The van der Waals surface area contributed by atoms with Crippen LogP contribution in [-0.2, 0) is 19.7 Å². The van der Waals surface area contributed by atoms with Crippen molar-refractivity contribution in [1.82, 2.24) is 13.9 Å². The monoisotopic (exact) mass is 611 g/mol. The van der Waals surface area contributed by atoms with Gasteiger partial charge in [-0.05, 0) is 48.4 Å². The molecular weight excluding hydrogens is 574 g/mol. The Labute approximate surface area is 253 Å². The maximum Gasteiger partial charge on any atom is 0.322 e. The van der Waals surface area contributed by atoms with Crippen molar-refractivity contribution in [2.24, 2.45) is 5.92 Å². The second kappa shape index (κ2) is 15.4. The van der Waals surface area contributed by atoms with Crippen molar-refractivity contribution in [2.45, 2.75) is 26.3 Å². The van der Waals surface area contributed by atoms with E-state index in [9.17, 15) is 28.4 Å². The molecule has 13 heteroatoms. The van der Waals surface area contributed by atoms with Gasteiger partial charge in [0, 0.05) is 70.2 Å². The Morgan fingerprint density at radius 2 is 1.67 bits per heavy atom. The van der Waals surface area contributed by atoms with Crippen molar-refractivity contribution in [1.29, 1.82) is 5.26 Å². The highest BCUT2D eigenvalue weighted by Crippen LogP contribution is 2.23. The lowest BCUT2D eigenvalue weighted by Gasteiger charge is -2.36. The number of carbonyl (C=O) groups is 2. The average Bonchev–Trinajstić information content (AvgIpc) is 3.00. The fraction of sp³-hybridized carbons (Fsp3) is 0.433. The normalized spacial score (nSPS) is 14.4. The number of carbonyl (C=O) groups excluding carboxylic acids is 1. The molecular formula is C30H37N5O7S. The summed E-state index contributed by atoms with van der Waals surface area (Å²) in [5, 5.41) is 18.5. The second-order valence-electron chi connectivity index (χ2n) is 10.2. The molecule has 0 bridgehead atoms. The molecule has 1 fully saturated rings. The van der Waals surface area contributed by atoms with E-state index in [1.807, 2.05) is 30.5 Å². The molecule has 2 aromatic carbocycles. The second-order valence-corrected chi connectivity index (χ2v) is 11.9. The van der Waals surface area contributed by atoms with Crippen LogP contribution in [0, 0.1) is 29.2 Å². The van der Waals surface area contributed by atoms with Crippen LogP contribution in [0.5, 0.6) is 5.75 Å². The summed E-state index contributed by atoms with van der Waals surface area (Å²) in [4.78, 5) is 27.2. The Balaban J connectivity index is 1.67. The maximum atomic E-state index is 12.8. The van der Waals surface area contributed by atoms with Crippen molar-refractivity contribution >= 4 is 27.8 Å². The van der Waals surface area contributed by atoms with E-state index in [1.54, 1.807) is 39.2 Å². The zero-order chi connectivity index (χ0) is 31.6. The van der Waals surface area contributed by atoms with Crippen molar-refractivity contribution in [3.05, 3.63) is 59.2 Å². The number of hydrogen-bond donors (Lipinski definition) is 2. The summed E-state index contributed by atoms with van der Waals surface area (Å²) in [5.74, 6) is 4.40. The molecule has 2 N–H and O–H groups in total. The van der Waals surface area contributed by atoms with Gasteiger partial charge < -0.3 is 19.5 Å². The molecule has 1 heterocycles. The molecule has 0 spiro atoms. The van der Waals surface area contributed by atoms with Crippen LogP contribution in [0.15, 0.2) is 42.5 Å². The first kappa shape index (κ1) is 33.4. The van der Waals surface area contributed by atoms with Gasteiger partial charge in [-0.2, -0.15) is 22.7 Å². The van der Waals surface area contributed by atoms with Gasteiger partial charge in [-0.25, -0.2) is 4.90 Å². The summed E-state index contributed by atoms with van der Waals surface area (Å²) in [5.41, 5.74) is 2.47. The molecule has 1 amide bonds. The zero-order valence-electron chi connectivity index (χ0n) is 24.7. The summed E-state index contributed by atoms with van der Waals surface area (Å²) in [6.07, 6.45) is 2.46. The van der Waals surface area contributed by atoms with Crippen LogP contribution in [0.3, 0.4) is 0 Å². The van der Waals surface area contributed by atoms with E-state index in [0.29, 0.717) is 44.0 Å². The molecule has 3 rings (SSSR count). The number of benzene rings is 2. The van der Waals surface area contributed by atoms with E-state index in [-0.39, 0.29) is 18.7 Å². The zero-order valence-corrected chi connectivity index (χ0v) is 25.6. The number of ether oxygens (including phenoxy) is 2. The van der Waals surface area contributed by atoms with Crippen LogP contribution in [-0.4, -0.2) is 94.2 Å². The molecule has 1 atom stereocenters. The fourth-order valence-corrected chi connectivity index (χ4v) is 5.79. The molecule has 0 aromatic heterocycles. The number of nitrogens with zero attached hydrogens (tertiary/aromatic N) is 4. The number of carboxylic acid groups (broad SMARTS) is 1. The molecule has 0 unspecified atom stereocenters. The van der Waals surface area contributed by atoms with Gasteiger partial charge in [0.05, 0.1) is 12.2 Å². The van der Waals surface area contributed by atoms with Crippen LogP contribution in [0.25, 0.3) is 0 Å². The topological polar surface area (TPSA) is 153 Å². The molecule has 0 aliphatic carbocycles. The fourth-order valence-electron chi connectivity index (χ4n) is 4.31. The van der Waals surface area contributed by atoms with Gasteiger partial charge in [0.2, 0.25) is 0 Å². The summed E-state index contributed by atoms with van der Waals surface area (Å²) in [6, 6.07) is 11.3. The van der Waals surface area contributed by atoms with Crippen LogP contribution >= 0.6 is 0 Å². The van der Waals surface area contributed by atoms with Crippen LogP contribution < -0.4 is 14.4 Å². The molecule has 0 saturated carbocycles. The molecule has 1 aliphatic rings. The van der Waals surface area contributed by atoms with Crippen molar-refractivity contribution < 1.29 is 32.6 Å². The van der Waals surface area contributed by atoms with E-state index in [4.69, 9.17) is 9.47 Å². The maximum absolute atomic E-state index is 12.8. The predicted molar refractivity (Wildman–Crippen MR) is 161 cm³/mol. The smallest absolute Gasteiger partial charge is 0.322 e. The third-order valence-electron chi connectivity index (χ3n) is 6.79. The summed E-state index contributed by atoms with van der Waals surface area (Å²) in [7, 11) is -0.957. The number of piperazine rings is 1. The Morgan fingerprint density at radius 3 is 2.26 bits per heavy atom. The van der Waals surface area contributed by atoms with E-state index in [0.717, 1.165) is 16.2 Å². The van der Waals surface area contributed by atoms with Gasteiger partial charge in [-0.3, -0.25) is 9.59 Å². The number of nitriles is 1. The molecule has 230 valence electrons. The van der Waals surface area contributed by atoms with E-state index >= 15 is 0 Å². The highest BCUT2D eigenvalue weighted by Gasteiger charge is 2.33. The number of methoxy groups -OCH3 is 1. The summed E-state index contributed by atoms with van der Waals surface area (Å²) < 4.78 is 39.8. The van der Waals surface area contributed by atoms with E-state index in [2.05, 4.69) is 21.5 Å². The summed E-state index contributed by atoms with van der Waals surface area (Å²) in [6.45, 7) is 5.50. The molecule has 1 saturated heterocycles. The minimum Gasteiger partial charge on any atom is -0.493 e. The van der Waals surface area contributed by atoms with Crippen molar-refractivity contribution in [3.63, 3.8) is 0 Å². The molecule has 12 nitrogen and oxygen atoms in total. The van der Waals surface area contributed by atoms with Crippen LogP contribution in [0.4, 0.5) is 5.69 Å². The highest BCUT2D eigenvalue weighted by molar-refractivity contribution is 7.87. The average molecular weight is 612 g/mol. The Hall–Kier alpha value is -4.14. The molecule has 2 aromatic rings. The van der Waals surface area contributed by atoms with Gasteiger partial charge in [0.25, 0.3) is 16.1 Å². The van der Waals surface area contributed by atoms with Gasteiger partial charge in [-0.1, -0.05) is 25.7 Å². The summed E-state index contributed by atoms with van der Waals surface area (Å²) >= 11 is 0. The third kappa shape index (κ3) is 9.17. The lowest BCUT2D eigenvalue weighted by Crippen LogP contribution is -2.55. The first-order chi connectivity index (χ1) is 20.5. The number of aliphatic carboxylic acids is 1. The Kier molecular flexibility index (Phi) is 11.9. The lowest BCUT2D eigenvalue weighted by atomic mass is 10.1. The van der Waals surface area contributed by atoms with Gasteiger partial charge in [-0.15, -0.1) is 0 Å². The molecule has 0 radical (unpaired) electrons. The predicted octanol–water partition coefficient (Wildman–Crippen LogP) is 2.12. The number of hydrogen-bond acceptors (Lipinski definition) is 8. The van der Waals surface area contributed by atoms with Gasteiger partial charge in [0.15, 0.2) is 6.19 Å². The Bertz CT molecular complexity index is 1490. The van der Waals surface area contributed by atoms with Crippen LogP contribution in [0.1, 0.15) is 41.8 Å². The number of carboxylic acids is 1. The third-order valence-corrected chi connectivity index (χ3v) is 8.38. The first-order valence-corrected chi connectivity index (χ1v) is 15.2. The SMILES string of the molecule is COCCCOc1ccc(C#Cc2ccc(N3CCN(S(=O)(=O)N[C@@H](C(=O)O)C(C)C)CC3)cc2)cc1C(=O)N(C)C#N. The van der Waals surface area contributed by atoms with E-state index in [1.165, 1.54) is 11.4 Å². The Morgan fingerprint density at radius 1 is 1.05 bits per heavy atom. The van der Waals surface area contributed by atoms with E-state index < -0.39 is 34.0 Å². The largest absolute Gasteiger partial charge is 0.493 e. The highest BCUT2D eigenvalue weighted by atomic mass is 32.2. The molecule has 43 heavy (non-hydrogen) atoms. The van der Waals surface area contributed by atoms with Gasteiger partial charge >= 0.3 is 5.97 Å². The number of nitrogens with one attached hydrogen (secondary N) is 1. The quantitative estimate of drug-likeness (QED) is 0.159. The lowest BCUT2D eigenvalue weighted by molar-refractivity contribution is -0.140. The number of anilines is 1. The number of rotatable bonds is 12. The molecule has 1 aliphatic heterocycles. The minimum absolute atomic E-state index is 0.218.